The fourth-order valence-electron chi connectivity index (χ4n) is 1.68. The average molecular weight is 199 g/mol. The summed E-state index contributed by atoms with van der Waals surface area (Å²) in [5.74, 6) is 0. The Bertz CT molecular complexity index is 505. The summed E-state index contributed by atoms with van der Waals surface area (Å²) in [6, 6.07) is 10.0. The second kappa shape index (κ2) is 4.16. The van der Waals surface area contributed by atoms with Crippen LogP contribution >= 0.6 is 0 Å². The Morgan fingerprint density at radius 3 is 3.00 bits per heavy atom. The first-order valence-corrected chi connectivity index (χ1v) is 4.99. The first-order chi connectivity index (χ1) is 7.35. The van der Waals surface area contributed by atoms with E-state index in [2.05, 4.69) is 28.2 Å². The highest BCUT2D eigenvalue weighted by atomic mass is 15.0. The highest BCUT2D eigenvalue weighted by molar-refractivity contribution is 5.81. The molecule has 0 aliphatic rings. The van der Waals surface area contributed by atoms with Gasteiger partial charge in [-0.25, -0.2) is 0 Å². The number of aromatic nitrogens is 1. The average Bonchev–Trinajstić information content (AvgIpc) is 2.68. The van der Waals surface area contributed by atoms with E-state index in [1.807, 2.05) is 25.2 Å². The fraction of sp³-hybridized carbons (Fsp3) is 0.250. The van der Waals surface area contributed by atoms with Gasteiger partial charge in [-0.2, -0.15) is 5.26 Å². The quantitative estimate of drug-likeness (QED) is 0.817. The Hall–Kier alpha value is -1.79. The van der Waals surface area contributed by atoms with Crippen molar-refractivity contribution >= 4 is 10.9 Å². The summed E-state index contributed by atoms with van der Waals surface area (Å²) in [4.78, 5) is 0. The van der Waals surface area contributed by atoms with Gasteiger partial charge in [0.2, 0.25) is 0 Å². The smallest absolute Gasteiger partial charge is 0.0992 e. The van der Waals surface area contributed by atoms with Crippen molar-refractivity contribution in [1.29, 1.82) is 5.26 Å². The molecule has 2 aromatic rings. The summed E-state index contributed by atoms with van der Waals surface area (Å²) in [6.45, 7) is 1.86. The van der Waals surface area contributed by atoms with E-state index in [4.69, 9.17) is 5.26 Å². The summed E-state index contributed by atoms with van der Waals surface area (Å²) in [5, 5.41) is 13.1. The lowest BCUT2D eigenvalue weighted by Gasteiger charge is -2.04. The monoisotopic (exact) mass is 199 g/mol. The predicted molar refractivity (Wildman–Crippen MR) is 60.6 cm³/mol. The lowest BCUT2D eigenvalue weighted by Crippen LogP contribution is -2.14. The minimum Gasteiger partial charge on any atom is -0.346 e. The molecule has 0 spiro atoms. The maximum absolute atomic E-state index is 8.83. The molecule has 0 atom stereocenters. The van der Waals surface area contributed by atoms with Gasteiger partial charge in [0.1, 0.15) is 0 Å². The van der Waals surface area contributed by atoms with Gasteiger partial charge in [0.05, 0.1) is 11.6 Å². The number of nitriles is 1. The number of nitrogens with one attached hydrogen (secondary N) is 1. The Morgan fingerprint density at radius 1 is 1.40 bits per heavy atom. The molecule has 0 saturated heterocycles. The zero-order valence-corrected chi connectivity index (χ0v) is 8.70. The van der Waals surface area contributed by atoms with Crippen LogP contribution in [-0.2, 0) is 6.54 Å². The lowest BCUT2D eigenvalue weighted by molar-refractivity contribution is 0.662. The van der Waals surface area contributed by atoms with Crippen molar-refractivity contribution in [2.24, 2.45) is 0 Å². The zero-order valence-electron chi connectivity index (χ0n) is 8.70. The molecule has 0 aliphatic heterocycles. The van der Waals surface area contributed by atoms with Crippen molar-refractivity contribution in [2.75, 3.05) is 13.6 Å². The van der Waals surface area contributed by atoms with Crippen LogP contribution in [0.1, 0.15) is 5.56 Å². The van der Waals surface area contributed by atoms with E-state index in [0.29, 0.717) is 5.56 Å². The second-order valence-corrected chi connectivity index (χ2v) is 3.50. The summed E-state index contributed by atoms with van der Waals surface area (Å²) in [6.07, 6.45) is 2.06. The molecule has 76 valence electrons. The number of likely N-dealkylation sites (N-methyl/N-ethyl adjacent to an activating group) is 1. The van der Waals surface area contributed by atoms with Gasteiger partial charge >= 0.3 is 0 Å². The molecule has 0 saturated carbocycles. The summed E-state index contributed by atoms with van der Waals surface area (Å²) >= 11 is 0. The van der Waals surface area contributed by atoms with E-state index in [9.17, 15) is 0 Å². The summed E-state index contributed by atoms with van der Waals surface area (Å²) in [5.41, 5.74) is 1.84. The third-order valence-electron chi connectivity index (χ3n) is 2.51. The molecule has 1 heterocycles. The van der Waals surface area contributed by atoms with Gasteiger partial charge in [-0.15, -0.1) is 0 Å². The van der Waals surface area contributed by atoms with Crippen molar-refractivity contribution in [2.45, 2.75) is 6.54 Å². The van der Waals surface area contributed by atoms with Crippen LogP contribution in [0.5, 0.6) is 0 Å². The number of rotatable bonds is 3. The molecule has 0 unspecified atom stereocenters. The van der Waals surface area contributed by atoms with Crippen LogP contribution in [0.25, 0.3) is 10.9 Å². The highest BCUT2D eigenvalue weighted by Gasteiger charge is 2.01. The molecule has 0 bridgehead atoms. The van der Waals surface area contributed by atoms with Crippen molar-refractivity contribution in [3.63, 3.8) is 0 Å². The molecule has 3 heteroatoms. The van der Waals surface area contributed by atoms with Crippen LogP contribution in [-0.4, -0.2) is 18.2 Å². The minimum absolute atomic E-state index is 0.715. The predicted octanol–water partition coefficient (Wildman–Crippen LogP) is 1.73. The van der Waals surface area contributed by atoms with E-state index >= 15 is 0 Å². The number of benzene rings is 1. The van der Waals surface area contributed by atoms with Gasteiger partial charge < -0.3 is 9.88 Å². The molecule has 3 nitrogen and oxygen atoms in total. The third-order valence-corrected chi connectivity index (χ3v) is 2.51. The SMILES string of the molecule is CNCCn1ccc2ccc(C#N)cc21. The standard InChI is InChI=1S/C12H13N3/c1-14-5-7-15-6-4-11-3-2-10(9-13)8-12(11)15/h2-4,6,8,14H,5,7H2,1H3. The minimum atomic E-state index is 0.715. The van der Waals surface area contributed by atoms with Gasteiger partial charge in [0.15, 0.2) is 0 Å². The molecule has 1 N–H and O–H groups in total. The van der Waals surface area contributed by atoms with E-state index < -0.39 is 0 Å². The molecule has 0 fully saturated rings. The zero-order chi connectivity index (χ0) is 10.7. The maximum atomic E-state index is 8.83. The van der Waals surface area contributed by atoms with Crippen LogP contribution in [0.2, 0.25) is 0 Å². The normalized spacial score (nSPS) is 10.4. The molecule has 0 amide bonds. The highest BCUT2D eigenvalue weighted by Crippen LogP contribution is 2.17. The number of hydrogen-bond donors (Lipinski definition) is 1. The second-order valence-electron chi connectivity index (χ2n) is 3.50. The summed E-state index contributed by atoms with van der Waals surface area (Å²) in [7, 11) is 1.94. The topological polar surface area (TPSA) is 40.8 Å². The Morgan fingerprint density at radius 2 is 2.27 bits per heavy atom. The molecule has 0 radical (unpaired) electrons. The van der Waals surface area contributed by atoms with Gasteiger partial charge in [-0.3, -0.25) is 0 Å². The van der Waals surface area contributed by atoms with E-state index in [-0.39, 0.29) is 0 Å². The Labute approximate surface area is 88.9 Å². The van der Waals surface area contributed by atoms with Gasteiger partial charge in [-0.05, 0) is 30.6 Å². The van der Waals surface area contributed by atoms with Crippen molar-refractivity contribution < 1.29 is 0 Å². The molecule has 1 aromatic heterocycles. The lowest BCUT2D eigenvalue weighted by atomic mass is 10.2. The molecule has 2 rings (SSSR count). The number of fused-ring (bicyclic) bond motifs is 1. The molecular weight excluding hydrogens is 186 g/mol. The molecule has 1 aromatic carbocycles. The number of nitrogens with zero attached hydrogens (tertiary/aromatic N) is 2. The first kappa shape index (κ1) is 9.75. The number of hydrogen-bond acceptors (Lipinski definition) is 2. The van der Waals surface area contributed by atoms with Crippen LogP contribution in [0.4, 0.5) is 0 Å². The van der Waals surface area contributed by atoms with Crippen LogP contribution in [0, 0.1) is 11.3 Å². The van der Waals surface area contributed by atoms with Gasteiger partial charge in [0, 0.05) is 24.8 Å². The van der Waals surface area contributed by atoms with Crippen molar-refractivity contribution in [3.8, 4) is 6.07 Å². The Kier molecular flexibility index (Phi) is 2.70. The van der Waals surface area contributed by atoms with Crippen LogP contribution in [0.15, 0.2) is 30.5 Å². The Balaban J connectivity index is 2.43. The molecule has 0 aliphatic carbocycles. The van der Waals surface area contributed by atoms with Crippen LogP contribution < -0.4 is 5.32 Å². The van der Waals surface area contributed by atoms with Crippen molar-refractivity contribution in [1.82, 2.24) is 9.88 Å². The molecule has 15 heavy (non-hydrogen) atoms. The largest absolute Gasteiger partial charge is 0.346 e. The van der Waals surface area contributed by atoms with E-state index in [0.717, 1.165) is 18.6 Å². The maximum Gasteiger partial charge on any atom is 0.0992 e. The summed E-state index contributed by atoms with van der Waals surface area (Å²) < 4.78 is 2.16. The van der Waals surface area contributed by atoms with E-state index in [1.54, 1.807) is 0 Å². The van der Waals surface area contributed by atoms with Crippen molar-refractivity contribution in [3.05, 3.63) is 36.0 Å². The van der Waals surface area contributed by atoms with Gasteiger partial charge in [0.25, 0.3) is 0 Å². The van der Waals surface area contributed by atoms with Gasteiger partial charge in [-0.1, -0.05) is 6.07 Å². The first-order valence-electron chi connectivity index (χ1n) is 4.99. The van der Waals surface area contributed by atoms with Crippen LogP contribution in [0.3, 0.4) is 0 Å². The molecular formula is C12H13N3. The third kappa shape index (κ3) is 1.85. The fourth-order valence-corrected chi connectivity index (χ4v) is 1.68. The van der Waals surface area contributed by atoms with E-state index in [1.165, 1.54) is 5.39 Å².